The van der Waals surface area contributed by atoms with Gasteiger partial charge in [0.05, 0.1) is 6.10 Å². The Morgan fingerprint density at radius 3 is 2.78 bits per heavy atom. The van der Waals surface area contributed by atoms with Gasteiger partial charge in [-0.3, -0.25) is 9.59 Å². The number of carbonyl (C=O) groups excluding carboxylic acids is 1. The van der Waals surface area contributed by atoms with Crippen molar-refractivity contribution in [1.82, 2.24) is 4.90 Å². The first kappa shape index (κ1) is 21.8. The van der Waals surface area contributed by atoms with Gasteiger partial charge in [0.25, 0.3) is 0 Å². The molecule has 152 valence electrons. The molecule has 0 saturated carbocycles. The predicted molar refractivity (Wildman–Crippen MR) is 103 cm³/mol. The summed E-state index contributed by atoms with van der Waals surface area (Å²) in [5, 5.41) is 19.2. The lowest BCUT2D eigenvalue weighted by molar-refractivity contribution is -0.137. The summed E-state index contributed by atoms with van der Waals surface area (Å²) in [5.74, 6) is 0.117. The van der Waals surface area contributed by atoms with Gasteiger partial charge in [-0.05, 0) is 62.3 Å². The fourth-order valence-electron chi connectivity index (χ4n) is 3.69. The van der Waals surface area contributed by atoms with Crippen molar-refractivity contribution in [1.29, 1.82) is 0 Å². The van der Waals surface area contributed by atoms with Gasteiger partial charge < -0.3 is 19.5 Å². The first-order valence-electron chi connectivity index (χ1n) is 9.89. The van der Waals surface area contributed by atoms with E-state index >= 15 is 0 Å². The summed E-state index contributed by atoms with van der Waals surface area (Å²) in [5.41, 5.74) is 0. The van der Waals surface area contributed by atoms with Crippen molar-refractivity contribution >= 4 is 23.5 Å². The summed E-state index contributed by atoms with van der Waals surface area (Å²) in [4.78, 5) is 24.8. The number of furan rings is 1. The number of unbranched alkanes of at least 4 members (excludes halogenated alkanes) is 3. The Labute approximate surface area is 165 Å². The first-order valence-corrected chi connectivity index (χ1v) is 10.3. The van der Waals surface area contributed by atoms with E-state index in [0.29, 0.717) is 36.7 Å². The smallest absolute Gasteiger partial charge is 0.303 e. The Balaban J connectivity index is 1.72. The molecule has 6 nitrogen and oxygen atoms in total. The second-order valence-electron chi connectivity index (χ2n) is 7.33. The lowest BCUT2D eigenvalue weighted by atomic mass is 9.95. The normalized spacial score (nSPS) is 18.7. The van der Waals surface area contributed by atoms with Crippen molar-refractivity contribution in [3.05, 3.63) is 23.1 Å². The Kier molecular flexibility index (Phi) is 9.15. The van der Waals surface area contributed by atoms with Crippen LogP contribution < -0.4 is 0 Å². The molecule has 27 heavy (non-hydrogen) atoms. The number of hydrogen-bond acceptors (Lipinski definition) is 4. The molecule has 0 spiro atoms. The molecule has 1 aromatic rings. The minimum absolute atomic E-state index is 0.181. The van der Waals surface area contributed by atoms with Gasteiger partial charge in [0.15, 0.2) is 5.22 Å². The highest BCUT2D eigenvalue weighted by atomic mass is 35.5. The molecule has 1 unspecified atom stereocenters. The van der Waals surface area contributed by atoms with E-state index in [0.717, 1.165) is 45.1 Å². The topological polar surface area (TPSA) is 91.0 Å². The number of likely N-dealkylation sites (tertiary alicyclic amines) is 1. The number of aliphatic carboxylic acids is 1. The molecule has 1 saturated heterocycles. The van der Waals surface area contributed by atoms with Crippen LogP contribution >= 0.6 is 11.6 Å². The summed E-state index contributed by atoms with van der Waals surface area (Å²) < 4.78 is 5.29. The van der Waals surface area contributed by atoms with Crippen LogP contribution in [0.1, 0.15) is 70.0 Å². The Hall–Kier alpha value is -1.53. The van der Waals surface area contributed by atoms with Gasteiger partial charge in [-0.2, -0.15) is 0 Å². The highest BCUT2D eigenvalue weighted by Gasteiger charge is 2.27. The quantitative estimate of drug-likeness (QED) is 0.518. The largest absolute Gasteiger partial charge is 0.481 e. The molecule has 1 fully saturated rings. The van der Waals surface area contributed by atoms with Crippen LogP contribution in [0.2, 0.25) is 5.22 Å². The van der Waals surface area contributed by atoms with E-state index in [1.54, 1.807) is 12.1 Å². The van der Waals surface area contributed by atoms with E-state index in [4.69, 9.17) is 21.1 Å². The zero-order valence-electron chi connectivity index (χ0n) is 15.7. The van der Waals surface area contributed by atoms with Gasteiger partial charge in [0, 0.05) is 31.8 Å². The number of amides is 1. The van der Waals surface area contributed by atoms with Crippen molar-refractivity contribution in [3.8, 4) is 0 Å². The molecule has 0 aliphatic carbocycles. The van der Waals surface area contributed by atoms with Crippen molar-refractivity contribution in [2.75, 3.05) is 6.54 Å². The third-order valence-electron chi connectivity index (χ3n) is 5.13. The summed E-state index contributed by atoms with van der Waals surface area (Å²) in [6.07, 6.45) is 7.41. The maximum atomic E-state index is 12.3. The van der Waals surface area contributed by atoms with E-state index in [-0.39, 0.29) is 18.4 Å². The van der Waals surface area contributed by atoms with Crippen molar-refractivity contribution < 1.29 is 24.2 Å². The van der Waals surface area contributed by atoms with E-state index in [1.807, 2.05) is 4.90 Å². The van der Waals surface area contributed by atoms with E-state index in [2.05, 4.69) is 0 Å². The number of nitrogens with zero attached hydrogens (tertiary/aromatic N) is 1. The molecule has 1 aliphatic heterocycles. The van der Waals surface area contributed by atoms with E-state index in [1.165, 1.54) is 0 Å². The standard InChI is InChI=1S/C20H30ClNO5/c21-18-12-11-17(27-18)14-16(23)10-9-15-6-5-7-19(24)22(15)13-4-2-1-3-8-20(25)26/h11-12,15-16,23H,1-10,13-14H2,(H,25,26)/t15-,16?/m1/s1. The van der Waals surface area contributed by atoms with Crippen LogP contribution in [0, 0.1) is 0 Å². The summed E-state index contributed by atoms with van der Waals surface area (Å²) >= 11 is 5.75. The molecule has 7 heteroatoms. The van der Waals surface area contributed by atoms with Gasteiger partial charge in [0.2, 0.25) is 5.91 Å². The lowest BCUT2D eigenvalue weighted by Gasteiger charge is -2.36. The summed E-state index contributed by atoms with van der Waals surface area (Å²) in [6, 6.07) is 3.62. The predicted octanol–water partition coefficient (Wildman–Crippen LogP) is 4.03. The third-order valence-corrected chi connectivity index (χ3v) is 5.33. The molecule has 2 heterocycles. The van der Waals surface area contributed by atoms with Crippen LogP contribution in [0.15, 0.2) is 16.5 Å². The van der Waals surface area contributed by atoms with Gasteiger partial charge >= 0.3 is 5.97 Å². The minimum Gasteiger partial charge on any atom is -0.481 e. The lowest BCUT2D eigenvalue weighted by Crippen LogP contribution is -2.44. The minimum atomic E-state index is -0.753. The van der Waals surface area contributed by atoms with E-state index < -0.39 is 12.1 Å². The third kappa shape index (κ3) is 7.93. The van der Waals surface area contributed by atoms with Crippen molar-refractivity contribution in [3.63, 3.8) is 0 Å². The molecular formula is C20H30ClNO5. The SMILES string of the molecule is O=C(O)CCCCCCN1C(=O)CCC[C@@H]1CCC(O)Cc1ccc(Cl)o1. The zero-order valence-corrected chi connectivity index (χ0v) is 16.5. The van der Waals surface area contributed by atoms with Crippen LogP contribution in [-0.2, 0) is 16.0 Å². The second kappa shape index (κ2) is 11.3. The molecule has 2 rings (SSSR count). The molecule has 0 aromatic carbocycles. The summed E-state index contributed by atoms with van der Waals surface area (Å²) in [7, 11) is 0. The molecule has 1 aliphatic rings. The summed E-state index contributed by atoms with van der Waals surface area (Å²) in [6.45, 7) is 0.723. The highest BCUT2D eigenvalue weighted by molar-refractivity contribution is 6.28. The monoisotopic (exact) mass is 399 g/mol. The molecule has 2 N–H and O–H groups in total. The van der Waals surface area contributed by atoms with Gasteiger partial charge in [-0.1, -0.05) is 12.8 Å². The molecule has 0 bridgehead atoms. The number of aliphatic hydroxyl groups is 1. The second-order valence-corrected chi connectivity index (χ2v) is 7.70. The average molecular weight is 400 g/mol. The fraction of sp³-hybridized carbons (Fsp3) is 0.700. The number of carbonyl (C=O) groups is 2. The molecule has 2 atom stereocenters. The maximum Gasteiger partial charge on any atom is 0.303 e. The number of aliphatic hydroxyl groups excluding tert-OH is 1. The number of hydrogen-bond donors (Lipinski definition) is 2. The highest BCUT2D eigenvalue weighted by Crippen LogP contribution is 2.24. The number of carboxylic acid groups (broad SMARTS) is 1. The molecule has 1 amide bonds. The zero-order chi connectivity index (χ0) is 19.6. The van der Waals surface area contributed by atoms with Gasteiger partial charge in [-0.15, -0.1) is 0 Å². The number of rotatable bonds is 12. The first-order chi connectivity index (χ1) is 13.0. The number of halogens is 1. The van der Waals surface area contributed by atoms with Crippen LogP contribution in [0.4, 0.5) is 0 Å². The fourth-order valence-corrected chi connectivity index (χ4v) is 3.85. The van der Waals surface area contributed by atoms with Crippen LogP contribution in [0.25, 0.3) is 0 Å². The van der Waals surface area contributed by atoms with Gasteiger partial charge in [0.1, 0.15) is 5.76 Å². The van der Waals surface area contributed by atoms with E-state index in [9.17, 15) is 14.7 Å². The number of carboxylic acids is 1. The molecule has 0 radical (unpaired) electrons. The Bertz CT molecular complexity index is 603. The number of piperidine rings is 1. The van der Waals surface area contributed by atoms with Crippen LogP contribution in [-0.4, -0.2) is 45.7 Å². The van der Waals surface area contributed by atoms with Crippen LogP contribution in [0.5, 0.6) is 0 Å². The molecular weight excluding hydrogens is 370 g/mol. The van der Waals surface area contributed by atoms with Gasteiger partial charge in [-0.25, -0.2) is 0 Å². The Morgan fingerprint density at radius 1 is 1.30 bits per heavy atom. The van der Waals surface area contributed by atoms with Crippen molar-refractivity contribution in [2.45, 2.75) is 82.8 Å². The maximum absolute atomic E-state index is 12.3. The molecule has 1 aromatic heterocycles. The average Bonchev–Trinajstić information content (AvgIpc) is 3.02. The van der Waals surface area contributed by atoms with Crippen molar-refractivity contribution in [2.24, 2.45) is 0 Å². The Morgan fingerprint density at radius 2 is 2.07 bits per heavy atom. The van der Waals surface area contributed by atoms with Crippen LogP contribution in [0.3, 0.4) is 0 Å².